The Morgan fingerprint density at radius 3 is 2.87 bits per heavy atom. The number of anilines is 1. The second kappa shape index (κ2) is 8.83. The summed E-state index contributed by atoms with van der Waals surface area (Å²) in [6, 6.07) is 7.61. The number of fused-ring (bicyclic) bond motifs is 1. The van der Waals surface area contributed by atoms with Gasteiger partial charge in [0.1, 0.15) is 11.8 Å². The van der Waals surface area contributed by atoms with Gasteiger partial charge < -0.3 is 15.0 Å². The van der Waals surface area contributed by atoms with Crippen LogP contribution in [0.3, 0.4) is 0 Å². The molecule has 1 fully saturated rings. The van der Waals surface area contributed by atoms with Gasteiger partial charge in [0.2, 0.25) is 11.8 Å². The van der Waals surface area contributed by atoms with Gasteiger partial charge in [-0.1, -0.05) is 17.4 Å². The number of alkyl halides is 3. The van der Waals surface area contributed by atoms with Gasteiger partial charge in [0.15, 0.2) is 11.7 Å². The molecule has 1 N–H and O–H groups in total. The van der Waals surface area contributed by atoms with Crippen molar-refractivity contribution >= 4 is 49.8 Å². The number of thiophene rings is 1. The lowest BCUT2D eigenvalue weighted by atomic mass is 10.2. The summed E-state index contributed by atoms with van der Waals surface area (Å²) < 4.78 is 42.4. The lowest BCUT2D eigenvalue weighted by Crippen LogP contribution is -2.43. The van der Waals surface area contributed by atoms with Gasteiger partial charge in [-0.3, -0.25) is 9.59 Å². The largest absolute Gasteiger partial charge is 0.484 e. The minimum absolute atomic E-state index is 0.0764. The second-order valence-corrected chi connectivity index (χ2v) is 9.11. The van der Waals surface area contributed by atoms with Crippen LogP contribution in [-0.2, 0) is 16.0 Å². The van der Waals surface area contributed by atoms with E-state index in [0.29, 0.717) is 28.3 Å². The Kier molecular flexibility index (Phi) is 6.15. The maximum Gasteiger partial charge on any atom is 0.422 e. The van der Waals surface area contributed by atoms with Gasteiger partial charge in [-0.05, 0) is 42.5 Å². The first-order chi connectivity index (χ1) is 14.8. The van der Waals surface area contributed by atoms with Crippen molar-refractivity contribution in [3.8, 4) is 5.75 Å². The zero-order valence-electron chi connectivity index (χ0n) is 16.1. The maximum absolute atomic E-state index is 12.8. The molecule has 1 aliphatic heterocycles. The SMILES string of the molecule is O=C(Nc1nc2ccc(OCC(F)(F)F)cc2s1)C1CCCN1C(=O)Cc1cccs1. The molecule has 0 saturated carbocycles. The highest BCUT2D eigenvalue weighted by atomic mass is 32.1. The number of amides is 2. The van der Waals surface area contributed by atoms with E-state index in [1.54, 1.807) is 11.0 Å². The monoisotopic (exact) mass is 469 g/mol. The summed E-state index contributed by atoms with van der Waals surface area (Å²) in [7, 11) is 0. The highest BCUT2D eigenvalue weighted by Gasteiger charge is 2.34. The van der Waals surface area contributed by atoms with E-state index in [1.807, 2.05) is 17.5 Å². The normalized spacial score (nSPS) is 16.6. The minimum Gasteiger partial charge on any atom is -0.484 e. The van der Waals surface area contributed by atoms with E-state index in [-0.39, 0.29) is 24.0 Å². The minimum atomic E-state index is -4.42. The van der Waals surface area contributed by atoms with E-state index in [9.17, 15) is 22.8 Å². The number of nitrogens with one attached hydrogen (secondary N) is 1. The summed E-state index contributed by atoms with van der Waals surface area (Å²) in [5.74, 6) is -0.326. The van der Waals surface area contributed by atoms with Crippen molar-refractivity contribution in [3.63, 3.8) is 0 Å². The van der Waals surface area contributed by atoms with Crippen LogP contribution in [0.25, 0.3) is 10.2 Å². The molecule has 164 valence electrons. The first-order valence-electron chi connectivity index (χ1n) is 9.51. The Labute approximate surface area is 183 Å². The molecule has 1 atom stereocenters. The molecule has 2 amide bonds. The third-order valence-electron chi connectivity index (χ3n) is 4.77. The van der Waals surface area contributed by atoms with Crippen LogP contribution in [0.15, 0.2) is 35.7 Å². The second-order valence-electron chi connectivity index (χ2n) is 7.04. The van der Waals surface area contributed by atoms with Crippen LogP contribution in [-0.4, -0.2) is 47.1 Å². The van der Waals surface area contributed by atoms with Crippen LogP contribution in [0.5, 0.6) is 5.75 Å². The molecule has 6 nitrogen and oxygen atoms in total. The van der Waals surface area contributed by atoms with Gasteiger partial charge in [0, 0.05) is 11.4 Å². The number of nitrogens with zero attached hydrogens (tertiary/aromatic N) is 2. The van der Waals surface area contributed by atoms with Crippen molar-refractivity contribution in [3.05, 3.63) is 40.6 Å². The van der Waals surface area contributed by atoms with E-state index in [2.05, 4.69) is 10.3 Å². The highest BCUT2D eigenvalue weighted by Crippen LogP contribution is 2.31. The zero-order chi connectivity index (χ0) is 22.0. The Balaban J connectivity index is 1.41. The van der Waals surface area contributed by atoms with Crippen LogP contribution in [0.4, 0.5) is 18.3 Å². The number of likely N-dealkylation sites (tertiary alicyclic amines) is 1. The molecule has 1 unspecified atom stereocenters. The number of aromatic nitrogens is 1. The number of thiazole rings is 1. The fraction of sp³-hybridized carbons (Fsp3) is 0.350. The summed E-state index contributed by atoms with van der Waals surface area (Å²) >= 11 is 2.64. The summed E-state index contributed by atoms with van der Waals surface area (Å²) in [5, 5.41) is 4.98. The van der Waals surface area contributed by atoms with E-state index in [0.717, 1.165) is 22.6 Å². The van der Waals surface area contributed by atoms with E-state index in [1.165, 1.54) is 23.5 Å². The van der Waals surface area contributed by atoms with Crippen molar-refractivity contribution in [2.45, 2.75) is 31.5 Å². The Morgan fingerprint density at radius 2 is 2.13 bits per heavy atom. The van der Waals surface area contributed by atoms with Gasteiger partial charge in [0.05, 0.1) is 16.6 Å². The van der Waals surface area contributed by atoms with Crippen molar-refractivity contribution in [2.24, 2.45) is 0 Å². The number of hydrogen-bond donors (Lipinski definition) is 1. The lowest BCUT2D eigenvalue weighted by Gasteiger charge is -2.23. The standard InChI is InChI=1S/C20H18F3N3O3S2/c21-20(22,23)11-29-12-5-6-14-16(9-12)31-19(24-14)25-18(28)15-4-1-7-26(15)17(27)10-13-3-2-8-30-13/h2-3,5-6,8-9,15H,1,4,7,10-11H2,(H,24,25,28). The fourth-order valence-corrected chi connectivity index (χ4v) is 5.00. The molecule has 3 heterocycles. The quantitative estimate of drug-likeness (QED) is 0.578. The van der Waals surface area contributed by atoms with Gasteiger partial charge in [0.25, 0.3) is 0 Å². The smallest absolute Gasteiger partial charge is 0.422 e. The molecule has 0 spiro atoms. The van der Waals surface area contributed by atoms with Crippen LogP contribution in [0, 0.1) is 0 Å². The maximum atomic E-state index is 12.8. The number of carbonyl (C=O) groups is 2. The number of benzene rings is 1. The number of hydrogen-bond acceptors (Lipinski definition) is 6. The highest BCUT2D eigenvalue weighted by molar-refractivity contribution is 7.22. The fourth-order valence-electron chi connectivity index (χ4n) is 3.40. The van der Waals surface area contributed by atoms with E-state index in [4.69, 9.17) is 4.74 Å². The van der Waals surface area contributed by atoms with Gasteiger partial charge >= 0.3 is 6.18 Å². The molecule has 4 rings (SSSR count). The van der Waals surface area contributed by atoms with Crippen LogP contribution in [0.1, 0.15) is 17.7 Å². The first-order valence-corrected chi connectivity index (χ1v) is 11.2. The molecule has 0 radical (unpaired) electrons. The molecule has 2 aromatic heterocycles. The molecule has 1 saturated heterocycles. The number of carbonyl (C=O) groups excluding carboxylic acids is 2. The first kappa shape index (κ1) is 21.6. The summed E-state index contributed by atoms with van der Waals surface area (Å²) in [6.07, 6.45) is -2.84. The van der Waals surface area contributed by atoms with E-state index < -0.39 is 18.8 Å². The lowest BCUT2D eigenvalue weighted by molar-refractivity contribution is -0.153. The zero-order valence-corrected chi connectivity index (χ0v) is 17.8. The van der Waals surface area contributed by atoms with Gasteiger partial charge in [-0.25, -0.2) is 4.98 Å². The molecule has 11 heteroatoms. The molecular formula is C20H18F3N3O3S2. The summed E-state index contributed by atoms with van der Waals surface area (Å²) in [6.45, 7) is -0.847. The molecule has 1 aliphatic rings. The number of halogens is 3. The molecule has 1 aromatic carbocycles. The van der Waals surface area contributed by atoms with Crippen molar-refractivity contribution < 1.29 is 27.5 Å². The van der Waals surface area contributed by atoms with Gasteiger partial charge in [-0.2, -0.15) is 13.2 Å². The van der Waals surface area contributed by atoms with Crippen molar-refractivity contribution in [1.82, 2.24) is 9.88 Å². The van der Waals surface area contributed by atoms with Crippen molar-refractivity contribution in [1.29, 1.82) is 0 Å². The molecular weight excluding hydrogens is 451 g/mol. The Bertz CT molecular complexity index is 1080. The van der Waals surface area contributed by atoms with Crippen LogP contribution >= 0.6 is 22.7 Å². The predicted molar refractivity (Wildman–Crippen MR) is 113 cm³/mol. The Morgan fingerprint density at radius 1 is 1.29 bits per heavy atom. The van der Waals surface area contributed by atoms with Crippen molar-refractivity contribution in [2.75, 3.05) is 18.5 Å². The summed E-state index contributed by atoms with van der Waals surface area (Å²) in [4.78, 5) is 32.3. The third kappa shape index (κ3) is 5.34. The molecule has 0 bridgehead atoms. The average molecular weight is 470 g/mol. The Hall–Kier alpha value is -2.66. The molecule has 0 aliphatic carbocycles. The average Bonchev–Trinajstić information content (AvgIpc) is 3.45. The number of ether oxygens (including phenoxy) is 1. The van der Waals surface area contributed by atoms with Gasteiger partial charge in [-0.15, -0.1) is 11.3 Å². The van der Waals surface area contributed by atoms with Crippen LogP contribution < -0.4 is 10.1 Å². The predicted octanol–water partition coefficient (Wildman–Crippen LogP) is 4.47. The van der Waals surface area contributed by atoms with E-state index >= 15 is 0 Å². The third-order valence-corrected chi connectivity index (χ3v) is 6.58. The van der Waals surface area contributed by atoms with Crippen LogP contribution in [0.2, 0.25) is 0 Å². The number of rotatable bonds is 6. The molecule has 3 aromatic rings. The molecule has 31 heavy (non-hydrogen) atoms. The topological polar surface area (TPSA) is 71.5 Å². The summed E-state index contributed by atoms with van der Waals surface area (Å²) in [5.41, 5.74) is 0.539.